The van der Waals surface area contributed by atoms with E-state index in [1.54, 1.807) is 0 Å². The Bertz CT molecular complexity index is 1170. The number of anilines is 1. The normalized spacial score (nSPS) is 16.6. The SMILES string of the molecule is CCCCC1CN(c2cccc(C)c2C)C(=O)CN1Cc1cncn1Cc1ccc(C#N)cc1. The summed E-state index contributed by atoms with van der Waals surface area (Å²) in [6.45, 7) is 8.93. The minimum Gasteiger partial charge on any atom is -0.329 e. The van der Waals surface area contributed by atoms with Gasteiger partial charge in [-0.25, -0.2) is 4.98 Å². The topological polar surface area (TPSA) is 65.2 Å². The lowest BCUT2D eigenvalue weighted by Crippen LogP contribution is -2.56. The van der Waals surface area contributed by atoms with Crippen LogP contribution in [0.15, 0.2) is 55.0 Å². The molecule has 0 radical (unpaired) electrons. The van der Waals surface area contributed by atoms with Crippen LogP contribution < -0.4 is 4.90 Å². The van der Waals surface area contributed by atoms with Gasteiger partial charge in [-0.1, -0.05) is 44.0 Å². The van der Waals surface area contributed by atoms with Crippen molar-refractivity contribution in [3.8, 4) is 6.07 Å². The van der Waals surface area contributed by atoms with Crippen LogP contribution in [0.1, 0.15) is 54.1 Å². The summed E-state index contributed by atoms with van der Waals surface area (Å²) in [5, 5.41) is 9.04. The maximum atomic E-state index is 13.3. The van der Waals surface area contributed by atoms with E-state index in [2.05, 4.69) is 53.4 Å². The second-order valence-corrected chi connectivity index (χ2v) is 9.25. The Labute approximate surface area is 202 Å². The lowest BCUT2D eigenvalue weighted by Gasteiger charge is -2.41. The molecule has 6 nitrogen and oxygen atoms in total. The van der Waals surface area contributed by atoms with Gasteiger partial charge in [-0.05, 0) is 55.2 Å². The number of benzene rings is 2. The number of hydrogen-bond acceptors (Lipinski definition) is 4. The lowest BCUT2D eigenvalue weighted by molar-refractivity contribution is -0.122. The van der Waals surface area contributed by atoms with Crippen molar-refractivity contribution in [2.75, 3.05) is 18.0 Å². The zero-order chi connectivity index (χ0) is 24.1. The number of unbranched alkanes of at least 4 members (excludes halogenated alkanes) is 1. The van der Waals surface area contributed by atoms with Gasteiger partial charge in [0.2, 0.25) is 5.91 Å². The van der Waals surface area contributed by atoms with Gasteiger partial charge in [-0.15, -0.1) is 0 Å². The quantitative estimate of drug-likeness (QED) is 0.488. The summed E-state index contributed by atoms with van der Waals surface area (Å²) >= 11 is 0. The molecule has 1 aliphatic heterocycles. The number of nitriles is 1. The monoisotopic (exact) mass is 455 g/mol. The van der Waals surface area contributed by atoms with Crippen LogP contribution in [-0.4, -0.2) is 39.5 Å². The highest BCUT2D eigenvalue weighted by Crippen LogP contribution is 2.28. The molecule has 1 amide bonds. The molecule has 0 bridgehead atoms. The fraction of sp³-hybridized carbons (Fsp3) is 0.393. The molecule has 1 fully saturated rings. The first-order chi connectivity index (χ1) is 16.5. The summed E-state index contributed by atoms with van der Waals surface area (Å²) in [6.07, 6.45) is 7.10. The summed E-state index contributed by atoms with van der Waals surface area (Å²) in [5.41, 5.74) is 6.31. The Balaban J connectivity index is 1.52. The number of rotatable bonds is 8. The molecule has 1 saturated heterocycles. The van der Waals surface area contributed by atoms with Crippen LogP contribution >= 0.6 is 0 Å². The number of hydrogen-bond donors (Lipinski definition) is 0. The Morgan fingerprint density at radius 3 is 2.65 bits per heavy atom. The summed E-state index contributed by atoms with van der Waals surface area (Å²) in [7, 11) is 0. The van der Waals surface area contributed by atoms with Crippen LogP contribution in [0.2, 0.25) is 0 Å². The van der Waals surface area contributed by atoms with E-state index in [1.165, 1.54) is 11.1 Å². The predicted molar refractivity (Wildman–Crippen MR) is 134 cm³/mol. The average molecular weight is 456 g/mol. The first kappa shape index (κ1) is 23.7. The zero-order valence-corrected chi connectivity index (χ0v) is 20.4. The van der Waals surface area contributed by atoms with Crippen LogP contribution in [0, 0.1) is 25.2 Å². The third-order valence-corrected chi connectivity index (χ3v) is 6.91. The second kappa shape index (κ2) is 10.7. The van der Waals surface area contributed by atoms with Crippen LogP contribution in [0.5, 0.6) is 0 Å². The van der Waals surface area contributed by atoms with Gasteiger partial charge in [0.1, 0.15) is 0 Å². The fourth-order valence-corrected chi connectivity index (χ4v) is 4.69. The van der Waals surface area contributed by atoms with Crippen molar-refractivity contribution in [1.29, 1.82) is 5.26 Å². The van der Waals surface area contributed by atoms with Gasteiger partial charge in [0.25, 0.3) is 0 Å². The molecule has 0 N–H and O–H groups in total. The van der Waals surface area contributed by atoms with E-state index in [0.717, 1.165) is 36.2 Å². The van der Waals surface area contributed by atoms with Gasteiger partial charge in [0.15, 0.2) is 0 Å². The van der Waals surface area contributed by atoms with E-state index >= 15 is 0 Å². The molecule has 2 aromatic carbocycles. The van der Waals surface area contributed by atoms with Gasteiger partial charge in [0, 0.05) is 37.6 Å². The Kier molecular flexibility index (Phi) is 7.44. The van der Waals surface area contributed by atoms with Gasteiger partial charge >= 0.3 is 0 Å². The molecule has 0 aliphatic carbocycles. The molecule has 1 aromatic heterocycles. The average Bonchev–Trinajstić information content (AvgIpc) is 3.27. The van der Waals surface area contributed by atoms with Gasteiger partial charge in [-0.3, -0.25) is 9.69 Å². The van der Waals surface area contributed by atoms with Gasteiger partial charge < -0.3 is 9.47 Å². The molecule has 4 rings (SSSR count). The Morgan fingerprint density at radius 1 is 1.12 bits per heavy atom. The highest BCUT2D eigenvalue weighted by molar-refractivity contribution is 5.96. The molecule has 176 valence electrons. The largest absolute Gasteiger partial charge is 0.329 e. The van der Waals surface area contributed by atoms with Crippen molar-refractivity contribution in [2.45, 2.75) is 59.2 Å². The number of aromatic nitrogens is 2. The van der Waals surface area contributed by atoms with Crippen molar-refractivity contribution in [2.24, 2.45) is 0 Å². The number of aryl methyl sites for hydroxylation is 1. The fourth-order valence-electron chi connectivity index (χ4n) is 4.69. The molecule has 1 atom stereocenters. The van der Waals surface area contributed by atoms with E-state index < -0.39 is 0 Å². The highest BCUT2D eigenvalue weighted by atomic mass is 16.2. The van der Waals surface area contributed by atoms with Crippen LogP contribution in [0.4, 0.5) is 5.69 Å². The first-order valence-electron chi connectivity index (χ1n) is 12.1. The second-order valence-electron chi connectivity index (χ2n) is 9.25. The van der Waals surface area contributed by atoms with Crippen molar-refractivity contribution in [3.63, 3.8) is 0 Å². The number of nitrogens with zero attached hydrogens (tertiary/aromatic N) is 5. The third-order valence-electron chi connectivity index (χ3n) is 6.91. The summed E-state index contributed by atoms with van der Waals surface area (Å²) in [4.78, 5) is 22.0. The first-order valence-corrected chi connectivity index (χ1v) is 12.1. The maximum absolute atomic E-state index is 13.3. The summed E-state index contributed by atoms with van der Waals surface area (Å²) < 4.78 is 2.14. The predicted octanol–water partition coefficient (Wildman–Crippen LogP) is 4.83. The molecule has 2 heterocycles. The number of amides is 1. The molecule has 1 unspecified atom stereocenters. The molecule has 3 aromatic rings. The molecular formula is C28H33N5O. The van der Waals surface area contributed by atoms with Crippen molar-refractivity contribution in [1.82, 2.24) is 14.5 Å². The standard InChI is InChI=1S/C28H33N5O/c1-4-5-8-25-18-33(27-9-6-7-21(2)22(27)3)28(34)19-31(25)17-26-15-30-20-32(26)16-24-12-10-23(14-29)11-13-24/h6-7,9-13,15,20,25H,4-5,8,16-19H2,1-3H3. The number of imidazole rings is 1. The van der Waals surface area contributed by atoms with E-state index in [9.17, 15) is 4.79 Å². The summed E-state index contributed by atoms with van der Waals surface area (Å²) in [6, 6.07) is 16.3. The molecule has 0 saturated carbocycles. The molecule has 0 spiro atoms. The lowest BCUT2D eigenvalue weighted by atomic mass is 10.0. The maximum Gasteiger partial charge on any atom is 0.241 e. The van der Waals surface area contributed by atoms with Gasteiger partial charge in [0.05, 0.1) is 30.2 Å². The van der Waals surface area contributed by atoms with Crippen LogP contribution in [-0.2, 0) is 17.9 Å². The minimum absolute atomic E-state index is 0.152. The number of piperazine rings is 1. The smallest absolute Gasteiger partial charge is 0.241 e. The molecular weight excluding hydrogens is 422 g/mol. The van der Waals surface area contributed by atoms with Crippen LogP contribution in [0.25, 0.3) is 0 Å². The van der Waals surface area contributed by atoms with E-state index in [1.807, 2.05) is 47.8 Å². The minimum atomic E-state index is 0.152. The van der Waals surface area contributed by atoms with Crippen molar-refractivity contribution in [3.05, 3.63) is 82.9 Å². The number of carbonyl (C=O) groups excluding carboxylic acids is 1. The van der Waals surface area contributed by atoms with Crippen molar-refractivity contribution >= 4 is 11.6 Å². The molecule has 34 heavy (non-hydrogen) atoms. The Hall–Kier alpha value is -3.43. The van der Waals surface area contributed by atoms with E-state index in [4.69, 9.17) is 5.26 Å². The van der Waals surface area contributed by atoms with Crippen molar-refractivity contribution < 1.29 is 4.79 Å². The Morgan fingerprint density at radius 2 is 1.91 bits per heavy atom. The van der Waals surface area contributed by atoms with E-state index in [-0.39, 0.29) is 5.91 Å². The van der Waals surface area contributed by atoms with Crippen LogP contribution in [0.3, 0.4) is 0 Å². The van der Waals surface area contributed by atoms with E-state index in [0.29, 0.717) is 37.8 Å². The van der Waals surface area contributed by atoms with Gasteiger partial charge in [-0.2, -0.15) is 5.26 Å². The zero-order valence-electron chi connectivity index (χ0n) is 20.4. The summed E-state index contributed by atoms with van der Waals surface area (Å²) in [5.74, 6) is 0.152. The molecule has 1 aliphatic rings. The number of carbonyl (C=O) groups is 1. The molecule has 6 heteroatoms. The highest BCUT2D eigenvalue weighted by Gasteiger charge is 2.33. The third kappa shape index (κ3) is 5.21.